The van der Waals surface area contributed by atoms with E-state index in [-0.39, 0.29) is 17.5 Å². The highest BCUT2D eigenvalue weighted by Gasteiger charge is 2.13. The topological polar surface area (TPSA) is 73.0 Å². The van der Waals surface area contributed by atoms with Crippen LogP contribution in [0.1, 0.15) is 42.6 Å². The number of nitrogens with two attached hydrogens (primary N) is 1. The first-order valence-corrected chi connectivity index (χ1v) is 8.07. The Morgan fingerprint density at radius 3 is 2.61 bits per heavy atom. The molecule has 0 aliphatic rings. The lowest BCUT2D eigenvalue weighted by Crippen LogP contribution is -2.16. The molecule has 0 spiro atoms. The number of hydrogen-bond donors (Lipinski definition) is 1. The molecule has 1 aromatic rings. The summed E-state index contributed by atoms with van der Waals surface area (Å²) in [4.78, 5) is 4.34. The summed E-state index contributed by atoms with van der Waals surface area (Å²) < 4.78 is 22.7. The zero-order chi connectivity index (χ0) is 13.8. The van der Waals surface area contributed by atoms with Crippen LogP contribution in [0.3, 0.4) is 0 Å². The van der Waals surface area contributed by atoms with Crippen LogP contribution < -0.4 is 5.73 Å². The van der Waals surface area contributed by atoms with Gasteiger partial charge in [0, 0.05) is 18.0 Å². The first-order chi connectivity index (χ1) is 8.35. The van der Waals surface area contributed by atoms with Gasteiger partial charge in [-0.1, -0.05) is 13.0 Å². The van der Waals surface area contributed by atoms with Crippen LogP contribution in [0.2, 0.25) is 0 Å². The van der Waals surface area contributed by atoms with Crippen molar-refractivity contribution in [1.29, 1.82) is 0 Å². The summed E-state index contributed by atoms with van der Waals surface area (Å²) in [6.07, 6.45) is 3.04. The van der Waals surface area contributed by atoms with Crippen molar-refractivity contribution in [3.63, 3.8) is 0 Å². The molecule has 0 amide bonds. The van der Waals surface area contributed by atoms with E-state index in [0.717, 1.165) is 16.8 Å². The highest BCUT2D eigenvalue weighted by atomic mass is 32.2. The Morgan fingerprint density at radius 1 is 1.39 bits per heavy atom. The Morgan fingerprint density at radius 2 is 2.06 bits per heavy atom. The molecule has 1 rings (SSSR count). The van der Waals surface area contributed by atoms with Crippen LogP contribution in [0.15, 0.2) is 12.3 Å². The SMILES string of the molecule is CCS(=O)(=O)CCCC(N)c1ncc(C)cc1C. The van der Waals surface area contributed by atoms with Crippen molar-refractivity contribution >= 4 is 9.84 Å². The fraction of sp³-hybridized carbons (Fsp3) is 0.615. The van der Waals surface area contributed by atoms with E-state index in [1.807, 2.05) is 19.9 Å². The van der Waals surface area contributed by atoms with E-state index in [9.17, 15) is 8.42 Å². The molecule has 5 heteroatoms. The van der Waals surface area contributed by atoms with Crippen molar-refractivity contribution in [3.05, 3.63) is 29.1 Å². The number of aryl methyl sites for hydroxylation is 2. The Kier molecular flexibility index (Phi) is 5.28. The maximum atomic E-state index is 11.4. The average molecular weight is 270 g/mol. The Hall–Kier alpha value is -0.940. The molecule has 2 N–H and O–H groups in total. The van der Waals surface area contributed by atoms with Crippen molar-refractivity contribution in [2.24, 2.45) is 5.73 Å². The summed E-state index contributed by atoms with van der Waals surface area (Å²) in [6.45, 7) is 5.64. The molecule has 4 nitrogen and oxygen atoms in total. The predicted molar refractivity (Wildman–Crippen MR) is 74.2 cm³/mol. The van der Waals surface area contributed by atoms with E-state index in [0.29, 0.717) is 12.8 Å². The van der Waals surface area contributed by atoms with Gasteiger partial charge in [-0.15, -0.1) is 0 Å². The summed E-state index contributed by atoms with van der Waals surface area (Å²) in [6, 6.07) is 1.86. The van der Waals surface area contributed by atoms with Gasteiger partial charge in [-0.05, 0) is 37.8 Å². The van der Waals surface area contributed by atoms with Crippen molar-refractivity contribution in [2.45, 2.75) is 39.7 Å². The summed E-state index contributed by atoms with van der Waals surface area (Å²) in [5.41, 5.74) is 9.11. The normalized spacial score (nSPS) is 13.6. The maximum Gasteiger partial charge on any atom is 0.150 e. The zero-order valence-corrected chi connectivity index (χ0v) is 12.1. The van der Waals surface area contributed by atoms with Crippen LogP contribution in [-0.2, 0) is 9.84 Å². The second-order valence-electron chi connectivity index (χ2n) is 4.70. The van der Waals surface area contributed by atoms with Gasteiger partial charge in [0.25, 0.3) is 0 Å². The molecule has 1 unspecified atom stereocenters. The van der Waals surface area contributed by atoms with Gasteiger partial charge in [0.2, 0.25) is 0 Å². The molecule has 0 aromatic carbocycles. The molecule has 0 saturated heterocycles. The third-order valence-corrected chi connectivity index (χ3v) is 4.81. The molecule has 18 heavy (non-hydrogen) atoms. The number of pyridine rings is 1. The average Bonchev–Trinajstić information content (AvgIpc) is 2.28. The van der Waals surface area contributed by atoms with Gasteiger partial charge in [-0.3, -0.25) is 4.98 Å². The zero-order valence-electron chi connectivity index (χ0n) is 11.3. The van der Waals surface area contributed by atoms with Crippen LogP contribution in [0, 0.1) is 13.8 Å². The molecule has 102 valence electrons. The summed E-state index contributed by atoms with van der Waals surface area (Å²) in [5.74, 6) is 0.409. The lowest BCUT2D eigenvalue weighted by atomic mass is 10.0. The van der Waals surface area contributed by atoms with Gasteiger partial charge >= 0.3 is 0 Å². The number of rotatable bonds is 6. The number of sulfone groups is 1. The molecule has 0 radical (unpaired) electrons. The van der Waals surface area contributed by atoms with Crippen LogP contribution in [0.4, 0.5) is 0 Å². The summed E-state index contributed by atoms with van der Waals surface area (Å²) >= 11 is 0. The second-order valence-corrected chi connectivity index (χ2v) is 7.17. The molecule has 1 atom stereocenters. The van der Waals surface area contributed by atoms with E-state index in [2.05, 4.69) is 4.98 Å². The third-order valence-electron chi connectivity index (χ3n) is 3.02. The lowest BCUT2D eigenvalue weighted by Gasteiger charge is -2.13. The van der Waals surface area contributed by atoms with Gasteiger partial charge in [-0.2, -0.15) is 0 Å². The quantitative estimate of drug-likeness (QED) is 0.857. The monoisotopic (exact) mass is 270 g/mol. The van der Waals surface area contributed by atoms with Gasteiger partial charge in [0.15, 0.2) is 0 Å². The predicted octanol–water partition coefficient (Wildman–Crippen LogP) is 1.91. The van der Waals surface area contributed by atoms with E-state index in [1.165, 1.54) is 0 Å². The first-order valence-electron chi connectivity index (χ1n) is 6.25. The Bertz CT molecular complexity index is 498. The Balaban J connectivity index is 2.58. The van der Waals surface area contributed by atoms with E-state index in [4.69, 9.17) is 5.73 Å². The molecule has 0 bridgehead atoms. The lowest BCUT2D eigenvalue weighted by molar-refractivity contribution is 0.580. The summed E-state index contributed by atoms with van der Waals surface area (Å²) in [7, 11) is -2.89. The minimum absolute atomic E-state index is 0.183. The fourth-order valence-corrected chi connectivity index (χ4v) is 2.81. The van der Waals surface area contributed by atoms with Gasteiger partial charge in [0.05, 0.1) is 11.4 Å². The van der Waals surface area contributed by atoms with Crippen molar-refractivity contribution in [2.75, 3.05) is 11.5 Å². The van der Waals surface area contributed by atoms with Crippen LogP contribution in [0.25, 0.3) is 0 Å². The Labute approximate surface area is 110 Å². The molecule has 0 saturated carbocycles. The minimum Gasteiger partial charge on any atom is -0.323 e. The van der Waals surface area contributed by atoms with Crippen LogP contribution in [-0.4, -0.2) is 24.9 Å². The largest absolute Gasteiger partial charge is 0.323 e. The first kappa shape index (κ1) is 15.1. The van der Waals surface area contributed by atoms with Crippen LogP contribution >= 0.6 is 0 Å². The molecule has 0 fully saturated rings. The van der Waals surface area contributed by atoms with Crippen LogP contribution in [0.5, 0.6) is 0 Å². The van der Waals surface area contributed by atoms with E-state index in [1.54, 1.807) is 13.1 Å². The van der Waals surface area contributed by atoms with Crippen molar-refractivity contribution in [3.8, 4) is 0 Å². The molecule has 1 aromatic heterocycles. The fourth-order valence-electron chi connectivity index (χ4n) is 1.92. The molecular weight excluding hydrogens is 248 g/mol. The standard InChI is InChI=1S/C13H22N2O2S/c1-4-18(16,17)7-5-6-12(14)13-11(3)8-10(2)9-15-13/h8-9,12H,4-7,14H2,1-3H3. The number of aromatic nitrogens is 1. The highest BCUT2D eigenvalue weighted by Crippen LogP contribution is 2.18. The molecule has 0 aliphatic heterocycles. The smallest absolute Gasteiger partial charge is 0.150 e. The van der Waals surface area contributed by atoms with Gasteiger partial charge in [0.1, 0.15) is 9.84 Å². The van der Waals surface area contributed by atoms with Gasteiger partial charge < -0.3 is 5.73 Å². The van der Waals surface area contributed by atoms with E-state index < -0.39 is 9.84 Å². The third kappa shape index (κ3) is 4.38. The maximum absolute atomic E-state index is 11.4. The second kappa shape index (κ2) is 6.29. The van der Waals surface area contributed by atoms with Gasteiger partial charge in [-0.25, -0.2) is 8.42 Å². The van der Waals surface area contributed by atoms with Crippen molar-refractivity contribution in [1.82, 2.24) is 4.98 Å². The molecular formula is C13H22N2O2S. The van der Waals surface area contributed by atoms with Crippen molar-refractivity contribution < 1.29 is 8.42 Å². The van der Waals surface area contributed by atoms with E-state index >= 15 is 0 Å². The highest BCUT2D eigenvalue weighted by molar-refractivity contribution is 7.91. The minimum atomic E-state index is -2.89. The summed E-state index contributed by atoms with van der Waals surface area (Å²) in [5, 5.41) is 0. The number of nitrogens with zero attached hydrogens (tertiary/aromatic N) is 1. The molecule has 0 aliphatic carbocycles. The molecule has 1 heterocycles. The number of hydrogen-bond acceptors (Lipinski definition) is 4.